The van der Waals surface area contributed by atoms with Gasteiger partial charge in [-0.2, -0.15) is 0 Å². The number of aliphatic hydroxyl groups is 1. The maximum Gasteiger partial charge on any atom is 0.0577 e. The second-order valence-corrected chi connectivity index (χ2v) is 12.9. The van der Waals surface area contributed by atoms with Crippen LogP contribution in [0.2, 0.25) is 0 Å². The van der Waals surface area contributed by atoms with Crippen LogP contribution in [0.5, 0.6) is 0 Å². The van der Waals surface area contributed by atoms with Gasteiger partial charge in [0.1, 0.15) is 0 Å². The summed E-state index contributed by atoms with van der Waals surface area (Å²) in [5, 5.41) is 10.2. The van der Waals surface area contributed by atoms with Gasteiger partial charge < -0.3 is 5.11 Å². The molecule has 0 aromatic rings. The second-order valence-electron chi connectivity index (χ2n) is 12.9. The third kappa shape index (κ3) is 3.74. The van der Waals surface area contributed by atoms with Crippen LogP contribution in [0.15, 0.2) is 11.6 Å². The van der Waals surface area contributed by atoms with Crippen molar-refractivity contribution in [3.05, 3.63) is 11.6 Å². The van der Waals surface area contributed by atoms with Gasteiger partial charge in [-0.25, -0.2) is 0 Å². The number of aliphatic hydroxyl groups excluding tert-OH is 1. The van der Waals surface area contributed by atoms with E-state index in [0.29, 0.717) is 10.8 Å². The van der Waals surface area contributed by atoms with Crippen LogP contribution >= 0.6 is 0 Å². The Labute approximate surface area is 187 Å². The molecular weight excluding hydrogens is 364 g/mol. The van der Waals surface area contributed by atoms with Crippen molar-refractivity contribution in [2.75, 3.05) is 0 Å². The van der Waals surface area contributed by atoms with E-state index < -0.39 is 0 Å². The molecule has 172 valence electrons. The molecule has 0 spiro atoms. The van der Waals surface area contributed by atoms with Gasteiger partial charge in [0.05, 0.1) is 6.10 Å². The molecule has 4 rings (SSSR count). The van der Waals surface area contributed by atoms with Crippen molar-refractivity contribution in [1.82, 2.24) is 0 Å². The topological polar surface area (TPSA) is 20.2 Å². The van der Waals surface area contributed by atoms with Gasteiger partial charge in [-0.3, -0.25) is 0 Å². The highest BCUT2D eigenvalue weighted by Crippen LogP contribution is 2.67. The van der Waals surface area contributed by atoms with Crippen molar-refractivity contribution in [3.8, 4) is 0 Å². The minimum Gasteiger partial charge on any atom is -0.393 e. The van der Waals surface area contributed by atoms with E-state index in [1.807, 2.05) is 0 Å². The maximum absolute atomic E-state index is 10.2. The SMILES string of the molecule is CC[C@@H](CC[C@@H](C)[C@H]1CC[C@@H]2[C@H]3CC=C4C[C@@H](O)CC[C@]4(C)[C@H]3CC[C@@]21C)C(C)C. The first-order valence-electron chi connectivity index (χ1n) is 13.6. The largest absolute Gasteiger partial charge is 0.393 e. The van der Waals surface area contributed by atoms with Crippen LogP contribution in [0.1, 0.15) is 112 Å². The van der Waals surface area contributed by atoms with Gasteiger partial charge >= 0.3 is 0 Å². The molecule has 0 aliphatic heterocycles. The molecule has 1 nitrogen and oxygen atoms in total. The summed E-state index contributed by atoms with van der Waals surface area (Å²) in [5.74, 6) is 6.31. The van der Waals surface area contributed by atoms with Crippen molar-refractivity contribution in [1.29, 1.82) is 0 Å². The Morgan fingerprint density at radius 3 is 2.47 bits per heavy atom. The summed E-state index contributed by atoms with van der Waals surface area (Å²) < 4.78 is 0. The monoisotopic (exact) mass is 414 g/mol. The summed E-state index contributed by atoms with van der Waals surface area (Å²) in [7, 11) is 0. The molecule has 4 aliphatic carbocycles. The summed E-state index contributed by atoms with van der Waals surface area (Å²) in [6.45, 7) is 15.1. The van der Waals surface area contributed by atoms with Gasteiger partial charge in [0.15, 0.2) is 0 Å². The lowest BCUT2D eigenvalue weighted by molar-refractivity contribution is -0.0575. The van der Waals surface area contributed by atoms with Crippen LogP contribution < -0.4 is 0 Å². The molecular formula is C29H50O. The number of rotatable bonds is 6. The quantitative estimate of drug-likeness (QED) is 0.436. The van der Waals surface area contributed by atoms with Crippen LogP contribution in [-0.4, -0.2) is 11.2 Å². The minimum absolute atomic E-state index is 0.0794. The molecule has 3 fully saturated rings. The molecule has 0 radical (unpaired) electrons. The zero-order chi connectivity index (χ0) is 21.7. The van der Waals surface area contributed by atoms with Gasteiger partial charge in [-0.15, -0.1) is 0 Å². The summed E-state index contributed by atoms with van der Waals surface area (Å²) in [4.78, 5) is 0. The van der Waals surface area contributed by atoms with Crippen LogP contribution in [0, 0.1) is 52.3 Å². The average molecular weight is 415 g/mol. The summed E-state index contributed by atoms with van der Waals surface area (Å²) in [6, 6.07) is 0. The van der Waals surface area contributed by atoms with Gasteiger partial charge in [0.25, 0.3) is 0 Å². The van der Waals surface area contributed by atoms with Crippen molar-refractivity contribution in [2.45, 2.75) is 118 Å². The first-order chi connectivity index (χ1) is 14.2. The zero-order valence-corrected chi connectivity index (χ0v) is 20.9. The normalized spacial score (nSPS) is 45.3. The van der Waals surface area contributed by atoms with E-state index in [2.05, 4.69) is 47.6 Å². The smallest absolute Gasteiger partial charge is 0.0577 e. The van der Waals surface area contributed by atoms with E-state index in [4.69, 9.17) is 0 Å². The Hall–Kier alpha value is -0.300. The molecule has 30 heavy (non-hydrogen) atoms. The van der Waals surface area contributed by atoms with Gasteiger partial charge in [-0.05, 0) is 110 Å². The van der Waals surface area contributed by atoms with Crippen molar-refractivity contribution < 1.29 is 5.11 Å². The molecule has 1 N–H and O–H groups in total. The Bertz CT molecular complexity index is 634. The molecule has 1 heteroatoms. The fraction of sp³-hybridized carbons (Fsp3) is 0.931. The molecule has 0 aromatic heterocycles. The van der Waals surface area contributed by atoms with E-state index in [-0.39, 0.29) is 6.10 Å². The lowest BCUT2D eigenvalue weighted by Gasteiger charge is -2.58. The maximum atomic E-state index is 10.2. The number of hydrogen-bond donors (Lipinski definition) is 1. The molecule has 0 saturated heterocycles. The molecule has 0 heterocycles. The number of allylic oxidation sites excluding steroid dienone is 1. The fourth-order valence-corrected chi connectivity index (χ4v) is 9.30. The van der Waals surface area contributed by atoms with E-state index in [1.165, 1.54) is 57.8 Å². The molecule has 3 saturated carbocycles. The molecule has 0 unspecified atom stereocenters. The third-order valence-corrected chi connectivity index (χ3v) is 11.3. The summed E-state index contributed by atoms with van der Waals surface area (Å²) in [6.07, 6.45) is 17.1. The lowest BCUT2D eigenvalue weighted by Crippen LogP contribution is -2.50. The molecule has 0 amide bonds. The van der Waals surface area contributed by atoms with Crippen LogP contribution in [0.3, 0.4) is 0 Å². The van der Waals surface area contributed by atoms with Crippen molar-refractivity contribution >= 4 is 0 Å². The highest BCUT2D eigenvalue weighted by molar-refractivity contribution is 5.25. The van der Waals surface area contributed by atoms with E-state index >= 15 is 0 Å². The molecule has 0 aromatic carbocycles. The Balaban J connectivity index is 1.47. The van der Waals surface area contributed by atoms with Crippen LogP contribution in [-0.2, 0) is 0 Å². The molecule has 0 bridgehead atoms. The molecule has 9 atom stereocenters. The third-order valence-electron chi connectivity index (χ3n) is 11.3. The van der Waals surface area contributed by atoms with Gasteiger partial charge in [-0.1, -0.05) is 66.0 Å². The predicted octanol–water partition coefficient (Wildman–Crippen LogP) is 8.02. The summed E-state index contributed by atoms with van der Waals surface area (Å²) >= 11 is 0. The first-order valence-corrected chi connectivity index (χ1v) is 13.6. The zero-order valence-electron chi connectivity index (χ0n) is 20.9. The number of fused-ring (bicyclic) bond motifs is 5. The van der Waals surface area contributed by atoms with E-state index in [0.717, 1.165) is 54.3 Å². The van der Waals surface area contributed by atoms with Gasteiger partial charge in [0.2, 0.25) is 0 Å². The fourth-order valence-electron chi connectivity index (χ4n) is 9.30. The first kappa shape index (κ1) is 22.9. The Kier molecular flexibility index (Phi) is 6.53. The predicted molar refractivity (Wildman–Crippen MR) is 128 cm³/mol. The standard InChI is InChI=1S/C29H50O/c1-7-21(19(2)3)9-8-20(4)25-12-13-26-24-11-10-22-18-23(30)14-16-28(22,5)27(24)15-17-29(25,26)6/h10,19-21,23-27,30H,7-9,11-18H2,1-6H3/t20-,21+,23+,24-,25-,26-,27+,28+,29-/m1/s1. The van der Waals surface area contributed by atoms with E-state index in [9.17, 15) is 5.11 Å². The summed E-state index contributed by atoms with van der Waals surface area (Å²) in [5.41, 5.74) is 2.59. The van der Waals surface area contributed by atoms with Gasteiger partial charge in [0, 0.05) is 0 Å². The Morgan fingerprint density at radius 1 is 1.00 bits per heavy atom. The lowest BCUT2D eigenvalue weighted by atomic mass is 9.47. The number of hydrogen-bond acceptors (Lipinski definition) is 1. The minimum atomic E-state index is -0.0794. The van der Waals surface area contributed by atoms with Crippen molar-refractivity contribution in [2.24, 2.45) is 52.3 Å². The van der Waals surface area contributed by atoms with Crippen LogP contribution in [0.4, 0.5) is 0 Å². The average Bonchev–Trinajstić information content (AvgIpc) is 3.06. The van der Waals surface area contributed by atoms with Crippen molar-refractivity contribution in [3.63, 3.8) is 0 Å². The van der Waals surface area contributed by atoms with E-state index in [1.54, 1.807) is 5.57 Å². The molecule has 4 aliphatic rings. The highest BCUT2D eigenvalue weighted by atomic mass is 16.3. The second kappa shape index (κ2) is 8.57. The van der Waals surface area contributed by atoms with Crippen LogP contribution in [0.25, 0.3) is 0 Å². The highest BCUT2D eigenvalue weighted by Gasteiger charge is 2.59. The Morgan fingerprint density at radius 2 is 1.77 bits per heavy atom.